The largest absolute Gasteiger partial charge is 0.497 e. The highest BCUT2D eigenvalue weighted by atomic mass is 16.6. The van der Waals surface area contributed by atoms with Gasteiger partial charge in [-0.05, 0) is 28.5 Å². The third-order valence-electron chi connectivity index (χ3n) is 3.53. The Morgan fingerprint density at radius 1 is 1.24 bits per heavy atom. The number of benzene rings is 2. The molecule has 0 atom stereocenters. The first kappa shape index (κ1) is 13.4. The summed E-state index contributed by atoms with van der Waals surface area (Å²) in [7, 11) is 1.63. The van der Waals surface area contributed by atoms with E-state index < -0.39 is 6.09 Å². The Kier molecular flexibility index (Phi) is 3.48. The fourth-order valence-electron chi connectivity index (χ4n) is 2.40. The van der Waals surface area contributed by atoms with E-state index in [1.807, 2.05) is 36.4 Å². The molecule has 0 aromatic heterocycles. The molecule has 1 saturated heterocycles. The molecule has 1 aliphatic heterocycles. The van der Waals surface area contributed by atoms with Gasteiger partial charge in [0.15, 0.2) is 0 Å². The Bertz CT molecular complexity index is 710. The number of hydrogen-bond acceptors (Lipinski definition) is 4. The molecule has 1 aliphatic rings. The summed E-state index contributed by atoms with van der Waals surface area (Å²) in [6.45, 7) is 0.616. The SMILES string of the molecule is COc1ccc2cc(CC(=O)N3CCOC3=O)ccc2c1. The number of rotatable bonds is 3. The second-order valence-electron chi connectivity index (χ2n) is 4.88. The summed E-state index contributed by atoms with van der Waals surface area (Å²) in [4.78, 5) is 24.6. The second kappa shape index (κ2) is 5.44. The van der Waals surface area contributed by atoms with Gasteiger partial charge in [-0.15, -0.1) is 0 Å². The minimum atomic E-state index is -0.550. The van der Waals surface area contributed by atoms with Crippen LogP contribution in [-0.2, 0) is 16.0 Å². The normalized spacial score (nSPS) is 14.3. The van der Waals surface area contributed by atoms with Gasteiger partial charge in [0.25, 0.3) is 0 Å². The van der Waals surface area contributed by atoms with Gasteiger partial charge in [-0.2, -0.15) is 0 Å². The highest BCUT2D eigenvalue weighted by molar-refractivity contribution is 5.94. The molecule has 0 saturated carbocycles. The summed E-state index contributed by atoms with van der Waals surface area (Å²) in [5.41, 5.74) is 0.873. The zero-order valence-electron chi connectivity index (χ0n) is 11.7. The van der Waals surface area contributed by atoms with E-state index >= 15 is 0 Å². The second-order valence-corrected chi connectivity index (χ2v) is 4.88. The Morgan fingerprint density at radius 2 is 2.00 bits per heavy atom. The molecule has 1 heterocycles. The number of carbonyl (C=O) groups excluding carboxylic acids is 2. The number of carbonyl (C=O) groups is 2. The molecule has 0 aliphatic carbocycles. The molecule has 0 unspecified atom stereocenters. The molecule has 0 spiro atoms. The molecule has 3 rings (SSSR count). The lowest BCUT2D eigenvalue weighted by Crippen LogP contribution is -2.32. The van der Waals surface area contributed by atoms with E-state index in [-0.39, 0.29) is 18.9 Å². The lowest BCUT2D eigenvalue weighted by Gasteiger charge is -2.11. The van der Waals surface area contributed by atoms with Crippen LogP contribution in [0, 0.1) is 0 Å². The third-order valence-corrected chi connectivity index (χ3v) is 3.53. The topological polar surface area (TPSA) is 55.8 Å². The highest BCUT2D eigenvalue weighted by Crippen LogP contribution is 2.22. The van der Waals surface area contributed by atoms with Crippen molar-refractivity contribution < 1.29 is 19.1 Å². The number of cyclic esters (lactones) is 1. The minimum absolute atomic E-state index is 0.192. The smallest absolute Gasteiger partial charge is 0.416 e. The number of amides is 2. The molecule has 0 N–H and O–H groups in total. The first-order valence-electron chi connectivity index (χ1n) is 6.71. The van der Waals surface area contributed by atoms with Crippen molar-refractivity contribution in [2.24, 2.45) is 0 Å². The lowest BCUT2D eigenvalue weighted by molar-refractivity contribution is -0.127. The van der Waals surface area contributed by atoms with Crippen molar-refractivity contribution in [3.63, 3.8) is 0 Å². The number of methoxy groups -OCH3 is 1. The molecule has 0 bridgehead atoms. The maximum Gasteiger partial charge on any atom is 0.416 e. The molecule has 5 heteroatoms. The van der Waals surface area contributed by atoms with Gasteiger partial charge in [0.05, 0.1) is 20.1 Å². The van der Waals surface area contributed by atoms with E-state index in [4.69, 9.17) is 9.47 Å². The standard InChI is InChI=1S/C16H15NO4/c1-20-14-5-4-12-8-11(2-3-13(12)10-14)9-15(18)17-6-7-21-16(17)19/h2-5,8,10H,6-7,9H2,1H3. The van der Waals surface area contributed by atoms with Gasteiger partial charge in [-0.25, -0.2) is 9.69 Å². The van der Waals surface area contributed by atoms with Gasteiger partial charge >= 0.3 is 6.09 Å². The number of nitrogens with zero attached hydrogens (tertiary/aromatic N) is 1. The van der Waals surface area contributed by atoms with Crippen LogP contribution in [0.15, 0.2) is 36.4 Å². The highest BCUT2D eigenvalue weighted by Gasteiger charge is 2.28. The van der Waals surface area contributed by atoms with Gasteiger partial charge in [-0.1, -0.05) is 24.3 Å². The monoisotopic (exact) mass is 285 g/mol. The Labute approximate surface area is 122 Å². The average Bonchev–Trinajstić information content (AvgIpc) is 2.93. The van der Waals surface area contributed by atoms with Gasteiger partial charge in [0.2, 0.25) is 5.91 Å². The summed E-state index contributed by atoms with van der Waals surface area (Å²) in [6.07, 6.45) is -0.359. The maximum absolute atomic E-state index is 12.1. The summed E-state index contributed by atoms with van der Waals surface area (Å²) < 4.78 is 9.96. The number of imide groups is 1. The molecule has 5 nitrogen and oxygen atoms in total. The summed E-state index contributed by atoms with van der Waals surface area (Å²) in [5, 5.41) is 2.08. The molecule has 21 heavy (non-hydrogen) atoms. The van der Waals surface area contributed by atoms with E-state index in [1.165, 1.54) is 0 Å². The van der Waals surface area contributed by atoms with Crippen molar-refractivity contribution >= 4 is 22.8 Å². The molecular formula is C16H15NO4. The summed E-state index contributed by atoms with van der Waals surface area (Å²) >= 11 is 0. The van der Waals surface area contributed by atoms with Crippen molar-refractivity contribution in [2.45, 2.75) is 6.42 Å². The molecule has 108 valence electrons. The Hall–Kier alpha value is -2.56. The van der Waals surface area contributed by atoms with E-state index in [0.29, 0.717) is 6.54 Å². The predicted octanol–water partition coefficient (Wildman–Crippen LogP) is 2.37. The van der Waals surface area contributed by atoms with Crippen LogP contribution in [0.4, 0.5) is 4.79 Å². The van der Waals surface area contributed by atoms with Crippen molar-refractivity contribution in [1.29, 1.82) is 0 Å². The quantitative estimate of drug-likeness (QED) is 0.868. The van der Waals surface area contributed by atoms with Crippen molar-refractivity contribution in [3.05, 3.63) is 42.0 Å². The molecule has 0 radical (unpaired) electrons. The van der Waals surface area contributed by atoms with E-state index in [0.717, 1.165) is 27.0 Å². The average molecular weight is 285 g/mol. The van der Waals surface area contributed by atoms with Crippen LogP contribution in [0.1, 0.15) is 5.56 Å². The third kappa shape index (κ3) is 2.67. The molecule has 2 aromatic rings. The van der Waals surface area contributed by atoms with E-state index in [9.17, 15) is 9.59 Å². The fourth-order valence-corrected chi connectivity index (χ4v) is 2.40. The van der Waals surface area contributed by atoms with Gasteiger partial charge in [0.1, 0.15) is 12.4 Å². The van der Waals surface area contributed by atoms with E-state index in [1.54, 1.807) is 7.11 Å². The fraction of sp³-hybridized carbons (Fsp3) is 0.250. The first-order valence-corrected chi connectivity index (χ1v) is 6.71. The van der Waals surface area contributed by atoms with Crippen molar-refractivity contribution in [1.82, 2.24) is 4.90 Å². The first-order chi connectivity index (χ1) is 10.2. The van der Waals surface area contributed by atoms with Crippen LogP contribution in [0.3, 0.4) is 0 Å². The van der Waals surface area contributed by atoms with Crippen molar-refractivity contribution in [3.8, 4) is 5.75 Å². The number of ether oxygens (including phenoxy) is 2. The number of hydrogen-bond donors (Lipinski definition) is 0. The van der Waals surface area contributed by atoms with Crippen LogP contribution in [0.5, 0.6) is 5.75 Å². The van der Waals surface area contributed by atoms with Crippen LogP contribution < -0.4 is 4.74 Å². The van der Waals surface area contributed by atoms with Crippen molar-refractivity contribution in [2.75, 3.05) is 20.3 Å². The lowest BCUT2D eigenvalue weighted by atomic mass is 10.0. The Morgan fingerprint density at radius 3 is 2.71 bits per heavy atom. The molecule has 2 aromatic carbocycles. The molecular weight excluding hydrogens is 270 g/mol. The zero-order chi connectivity index (χ0) is 14.8. The van der Waals surface area contributed by atoms with Gasteiger partial charge in [-0.3, -0.25) is 4.79 Å². The zero-order valence-corrected chi connectivity index (χ0v) is 11.7. The predicted molar refractivity (Wildman–Crippen MR) is 77.3 cm³/mol. The van der Waals surface area contributed by atoms with Gasteiger partial charge in [0, 0.05) is 0 Å². The van der Waals surface area contributed by atoms with Gasteiger partial charge < -0.3 is 9.47 Å². The maximum atomic E-state index is 12.1. The molecule has 1 fully saturated rings. The number of fused-ring (bicyclic) bond motifs is 1. The van der Waals surface area contributed by atoms with Crippen LogP contribution in [-0.4, -0.2) is 37.2 Å². The summed E-state index contributed by atoms with van der Waals surface area (Å²) in [6, 6.07) is 11.6. The van der Waals surface area contributed by atoms with Crippen LogP contribution in [0.2, 0.25) is 0 Å². The molecule has 2 amide bonds. The summed E-state index contributed by atoms with van der Waals surface area (Å²) in [5.74, 6) is 0.566. The van der Waals surface area contributed by atoms with Crippen LogP contribution in [0.25, 0.3) is 10.8 Å². The minimum Gasteiger partial charge on any atom is -0.497 e. The van der Waals surface area contributed by atoms with E-state index in [2.05, 4.69) is 0 Å². The van der Waals surface area contributed by atoms with Crippen LogP contribution >= 0.6 is 0 Å². The Balaban J connectivity index is 1.81.